The standard InChI is InChI=1S/C10H15N5O2/c1-7(16)12-8-3-2-4-15(6-8)10(17)9-5-11-14-13-9/h5,8H,2-4,6H2,1H3,(H,12,16)(H,11,13,14). The number of rotatable bonds is 2. The molecule has 92 valence electrons. The lowest BCUT2D eigenvalue weighted by atomic mass is 10.1. The third-order valence-corrected chi connectivity index (χ3v) is 2.75. The van der Waals surface area contributed by atoms with Crippen LogP contribution in [-0.4, -0.2) is 51.3 Å². The highest BCUT2D eigenvalue weighted by atomic mass is 16.2. The van der Waals surface area contributed by atoms with Crippen molar-refractivity contribution in [1.82, 2.24) is 25.6 Å². The van der Waals surface area contributed by atoms with E-state index < -0.39 is 0 Å². The largest absolute Gasteiger partial charge is 0.352 e. The number of amides is 2. The van der Waals surface area contributed by atoms with Crippen LogP contribution in [0.25, 0.3) is 0 Å². The fraction of sp³-hybridized carbons (Fsp3) is 0.600. The van der Waals surface area contributed by atoms with E-state index in [1.807, 2.05) is 0 Å². The molecule has 1 aliphatic rings. The van der Waals surface area contributed by atoms with Gasteiger partial charge in [-0.05, 0) is 12.8 Å². The molecule has 0 aliphatic carbocycles. The van der Waals surface area contributed by atoms with Gasteiger partial charge in [-0.3, -0.25) is 9.59 Å². The van der Waals surface area contributed by atoms with Crippen LogP contribution in [-0.2, 0) is 4.79 Å². The number of piperidine rings is 1. The van der Waals surface area contributed by atoms with Gasteiger partial charge < -0.3 is 10.2 Å². The van der Waals surface area contributed by atoms with E-state index in [4.69, 9.17) is 0 Å². The Labute approximate surface area is 98.6 Å². The molecule has 2 rings (SSSR count). The van der Waals surface area contributed by atoms with Crippen molar-refractivity contribution in [1.29, 1.82) is 0 Å². The molecule has 1 aromatic rings. The van der Waals surface area contributed by atoms with Gasteiger partial charge in [0.15, 0.2) is 5.69 Å². The number of aromatic nitrogens is 3. The second-order valence-corrected chi connectivity index (χ2v) is 4.15. The Bertz CT molecular complexity index is 403. The lowest BCUT2D eigenvalue weighted by Gasteiger charge is -2.32. The molecule has 0 spiro atoms. The van der Waals surface area contributed by atoms with Crippen LogP contribution in [0.1, 0.15) is 30.3 Å². The summed E-state index contributed by atoms with van der Waals surface area (Å²) in [5, 5.41) is 12.6. The summed E-state index contributed by atoms with van der Waals surface area (Å²) in [5.41, 5.74) is 0.313. The van der Waals surface area contributed by atoms with Gasteiger partial charge in [-0.15, -0.1) is 0 Å². The normalized spacial score (nSPS) is 20.1. The highest BCUT2D eigenvalue weighted by Crippen LogP contribution is 2.12. The van der Waals surface area contributed by atoms with E-state index in [1.165, 1.54) is 13.1 Å². The van der Waals surface area contributed by atoms with Gasteiger partial charge in [0, 0.05) is 26.1 Å². The van der Waals surface area contributed by atoms with Crippen molar-refractivity contribution >= 4 is 11.8 Å². The Hall–Kier alpha value is -1.92. The van der Waals surface area contributed by atoms with E-state index in [0.29, 0.717) is 18.8 Å². The molecular formula is C10H15N5O2. The topological polar surface area (TPSA) is 91.0 Å². The van der Waals surface area contributed by atoms with E-state index >= 15 is 0 Å². The summed E-state index contributed by atoms with van der Waals surface area (Å²) in [7, 11) is 0. The molecule has 1 unspecified atom stereocenters. The molecule has 1 fully saturated rings. The first-order valence-electron chi connectivity index (χ1n) is 5.59. The van der Waals surface area contributed by atoms with Crippen molar-refractivity contribution in [2.45, 2.75) is 25.8 Å². The molecule has 0 bridgehead atoms. The van der Waals surface area contributed by atoms with Crippen LogP contribution in [0, 0.1) is 0 Å². The quantitative estimate of drug-likeness (QED) is 0.728. The van der Waals surface area contributed by atoms with Gasteiger partial charge >= 0.3 is 0 Å². The predicted octanol–water partition coefficient (Wildman–Crippen LogP) is -0.455. The van der Waals surface area contributed by atoms with Gasteiger partial charge in [-0.25, -0.2) is 0 Å². The molecule has 1 aliphatic heterocycles. The molecule has 17 heavy (non-hydrogen) atoms. The second-order valence-electron chi connectivity index (χ2n) is 4.15. The fourth-order valence-corrected chi connectivity index (χ4v) is 2.03. The van der Waals surface area contributed by atoms with Crippen molar-refractivity contribution in [3.05, 3.63) is 11.9 Å². The lowest BCUT2D eigenvalue weighted by Crippen LogP contribution is -2.49. The van der Waals surface area contributed by atoms with Gasteiger partial charge in [-0.1, -0.05) is 0 Å². The summed E-state index contributed by atoms with van der Waals surface area (Å²) in [6, 6.07) is 0.0390. The zero-order valence-corrected chi connectivity index (χ0v) is 9.64. The molecule has 2 heterocycles. The number of likely N-dealkylation sites (tertiary alicyclic amines) is 1. The van der Waals surface area contributed by atoms with Gasteiger partial charge in [0.05, 0.1) is 6.20 Å². The maximum atomic E-state index is 12.0. The zero-order chi connectivity index (χ0) is 12.3. The third kappa shape index (κ3) is 2.80. The maximum absolute atomic E-state index is 12.0. The molecule has 7 nitrogen and oxygen atoms in total. The Morgan fingerprint density at radius 2 is 2.41 bits per heavy atom. The van der Waals surface area contributed by atoms with Crippen LogP contribution in [0.2, 0.25) is 0 Å². The molecule has 0 radical (unpaired) electrons. The Morgan fingerprint density at radius 3 is 3.06 bits per heavy atom. The molecule has 1 aromatic heterocycles. The van der Waals surface area contributed by atoms with E-state index in [0.717, 1.165) is 12.8 Å². The second kappa shape index (κ2) is 4.94. The SMILES string of the molecule is CC(=O)NC1CCCN(C(=O)c2cn[nH]n2)C1. The minimum atomic E-state index is -0.145. The number of hydrogen-bond acceptors (Lipinski definition) is 4. The summed E-state index contributed by atoms with van der Waals surface area (Å²) in [6.45, 7) is 2.71. The van der Waals surface area contributed by atoms with Crippen LogP contribution < -0.4 is 5.32 Å². The van der Waals surface area contributed by atoms with Gasteiger partial charge in [0.1, 0.15) is 0 Å². The van der Waals surface area contributed by atoms with Gasteiger partial charge in [0.2, 0.25) is 5.91 Å². The van der Waals surface area contributed by atoms with Gasteiger partial charge in [0.25, 0.3) is 5.91 Å². The highest BCUT2D eigenvalue weighted by Gasteiger charge is 2.25. The van der Waals surface area contributed by atoms with Crippen LogP contribution >= 0.6 is 0 Å². The van der Waals surface area contributed by atoms with E-state index in [1.54, 1.807) is 4.90 Å². The zero-order valence-electron chi connectivity index (χ0n) is 9.64. The van der Waals surface area contributed by atoms with E-state index in [2.05, 4.69) is 20.7 Å². The minimum absolute atomic E-state index is 0.0390. The summed E-state index contributed by atoms with van der Waals surface area (Å²) in [6.07, 6.45) is 3.20. The van der Waals surface area contributed by atoms with Crippen molar-refractivity contribution in [3.8, 4) is 0 Å². The molecule has 1 atom stereocenters. The van der Waals surface area contributed by atoms with Crippen molar-refractivity contribution in [2.24, 2.45) is 0 Å². The number of carbonyl (C=O) groups excluding carboxylic acids is 2. The van der Waals surface area contributed by atoms with Crippen LogP contribution in [0.3, 0.4) is 0 Å². The Morgan fingerprint density at radius 1 is 1.59 bits per heavy atom. The molecular weight excluding hydrogens is 222 g/mol. The summed E-state index contributed by atoms with van der Waals surface area (Å²) >= 11 is 0. The maximum Gasteiger partial charge on any atom is 0.276 e. The average molecular weight is 237 g/mol. The van der Waals surface area contributed by atoms with Gasteiger partial charge in [-0.2, -0.15) is 15.4 Å². The number of aromatic amines is 1. The smallest absolute Gasteiger partial charge is 0.276 e. The number of hydrogen-bond donors (Lipinski definition) is 2. The molecule has 2 amide bonds. The number of nitrogens with zero attached hydrogens (tertiary/aromatic N) is 3. The van der Waals surface area contributed by atoms with Crippen molar-refractivity contribution in [3.63, 3.8) is 0 Å². The molecule has 1 saturated heterocycles. The number of carbonyl (C=O) groups is 2. The molecule has 2 N–H and O–H groups in total. The summed E-state index contributed by atoms with van der Waals surface area (Å²) < 4.78 is 0. The molecule has 0 aromatic carbocycles. The summed E-state index contributed by atoms with van der Waals surface area (Å²) in [4.78, 5) is 24.7. The van der Waals surface area contributed by atoms with E-state index in [-0.39, 0.29) is 17.9 Å². The van der Waals surface area contributed by atoms with Crippen molar-refractivity contribution in [2.75, 3.05) is 13.1 Å². The molecule has 7 heteroatoms. The van der Waals surface area contributed by atoms with E-state index in [9.17, 15) is 9.59 Å². The highest BCUT2D eigenvalue weighted by molar-refractivity contribution is 5.92. The first-order chi connectivity index (χ1) is 8.16. The number of H-pyrrole nitrogens is 1. The minimum Gasteiger partial charge on any atom is -0.352 e. The van der Waals surface area contributed by atoms with Crippen LogP contribution in [0.5, 0.6) is 0 Å². The fourth-order valence-electron chi connectivity index (χ4n) is 2.03. The first kappa shape index (κ1) is 11.6. The lowest BCUT2D eigenvalue weighted by molar-refractivity contribution is -0.120. The molecule has 0 saturated carbocycles. The number of nitrogens with one attached hydrogen (secondary N) is 2. The average Bonchev–Trinajstić information content (AvgIpc) is 2.81. The summed E-state index contributed by atoms with van der Waals surface area (Å²) in [5.74, 6) is -0.209. The predicted molar refractivity (Wildman–Crippen MR) is 59.1 cm³/mol. The van der Waals surface area contributed by atoms with Crippen LogP contribution in [0.15, 0.2) is 6.20 Å². The third-order valence-electron chi connectivity index (χ3n) is 2.75. The Balaban J connectivity index is 1.97. The Kier molecular flexibility index (Phi) is 3.36. The van der Waals surface area contributed by atoms with Crippen molar-refractivity contribution < 1.29 is 9.59 Å². The monoisotopic (exact) mass is 237 g/mol. The van der Waals surface area contributed by atoms with Crippen LogP contribution in [0.4, 0.5) is 0 Å². The first-order valence-corrected chi connectivity index (χ1v) is 5.59.